The average molecular weight is 290 g/mol. The van der Waals surface area contributed by atoms with Crippen molar-refractivity contribution in [1.82, 2.24) is 10.3 Å². The van der Waals surface area contributed by atoms with Crippen LogP contribution in [0.3, 0.4) is 0 Å². The van der Waals surface area contributed by atoms with Crippen molar-refractivity contribution in [1.29, 1.82) is 0 Å². The number of benzene rings is 1. The van der Waals surface area contributed by atoms with Crippen LogP contribution < -0.4 is 10.1 Å². The molecule has 0 bridgehead atoms. The predicted octanol–water partition coefficient (Wildman–Crippen LogP) is 3.89. The second-order valence-electron chi connectivity index (χ2n) is 5.84. The predicted molar refractivity (Wildman–Crippen MR) is 85.5 cm³/mol. The van der Waals surface area contributed by atoms with Crippen LogP contribution >= 0.6 is 11.3 Å². The fraction of sp³-hybridized carbons (Fsp3) is 0.438. The summed E-state index contributed by atoms with van der Waals surface area (Å²) in [5, 5.41) is 6.52. The van der Waals surface area contributed by atoms with Gasteiger partial charge in [-0.15, -0.1) is 11.3 Å². The summed E-state index contributed by atoms with van der Waals surface area (Å²) >= 11 is 1.67. The maximum absolute atomic E-state index is 5.72. The van der Waals surface area contributed by atoms with Crippen molar-refractivity contribution < 1.29 is 4.74 Å². The van der Waals surface area contributed by atoms with Crippen LogP contribution in [0.2, 0.25) is 0 Å². The van der Waals surface area contributed by atoms with Crippen molar-refractivity contribution in [3.05, 3.63) is 35.3 Å². The number of aryl methyl sites for hydroxylation is 1. The molecule has 0 spiro atoms. The van der Waals surface area contributed by atoms with Gasteiger partial charge in [-0.05, 0) is 52.0 Å². The zero-order chi connectivity index (χ0) is 14.6. The fourth-order valence-corrected chi connectivity index (χ4v) is 2.58. The molecule has 20 heavy (non-hydrogen) atoms. The van der Waals surface area contributed by atoms with Crippen LogP contribution in [0.25, 0.3) is 10.6 Å². The zero-order valence-corrected chi connectivity index (χ0v) is 13.4. The summed E-state index contributed by atoms with van der Waals surface area (Å²) in [4.78, 5) is 4.48. The first-order valence-electron chi connectivity index (χ1n) is 6.84. The van der Waals surface area contributed by atoms with E-state index >= 15 is 0 Å². The highest BCUT2D eigenvalue weighted by atomic mass is 32.1. The van der Waals surface area contributed by atoms with Crippen molar-refractivity contribution in [2.75, 3.05) is 13.2 Å². The lowest BCUT2D eigenvalue weighted by atomic mass is 10.1. The molecule has 0 atom stereocenters. The Kier molecular flexibility index (Phi) is 4.78. The van der Waals surface area contributed by atoms with Gasteiger partial charge in [0.05, 0.1) is 0 Å². The van der Waals surface area contributed by atoms with Crippen LogP contribution in [0.5, 0.6) is 5.75 Å². The molecule has 0 aliphatic heterocycles. The molecule has 108 valence electrons. The third-order valence-corrected chi connectivity index (χ3v) is 3.76. The molecular formula is C16H22N2OS. The minimum absolute atomic E-state index is 0.135. The van der Waals surface area contributed by atoms with Gasteiger partial charge in [0.2, 0.25) is 0 Å². The van der Waals surface area contributed by atoms with Crippen LogP contribution in [-0.4, -0.2) is 23.7 Å². The second-order valence-corrected chi connectivity index (χ2v) is 6.70. The summed E-state index contributed by atoms with van der Waals surface area (Å²) in [5.41, 5.74) is 2.34. The van der Waals surface area contributed by atoms with Crippen molar-refractivity contribution in [3.8, 4) is 16.3 Å². The first-order valence-corrected chi connectivity index (χ1v) is 7.72. The Morgan fingerprint density at radius 3 is 2.45 bits per heavy atom. The van der Waals surface area contributed by atoms with Crippen LogP contribution in [-0.2, 0) is 0 Å². The van der Waals surface area contributed by atoms with Gasteiger partial charge in [-0.25, -0.2) is 4.98 Å². The minimum atomic E-state index is 0.135. The van der Waals surface area contributed by atoms with Crippen LogP contribution in [0.1, 0.15) is 26.5 Å². The molecule has 0 radical (unpaired) electrons. The molecule has 0 unspecified atom stereocenters. The number of rotatable bonds is 5. The molecule has 2 rings (SSSR count). The highest BCUT2D eigenvalue weighted by Crippen LogP contribution is 2.25. The van der Waals surface area contributed by atoms with Crippen molar-refractivity contribution in [3.63, 3.8) is 0 Å². The number of ether oxygens (including phenoxy) is 1. The Balaban J connectivity index is 1.86. The smallest absolute Gasteiger partial charge is 0.123 e. The van der Waals surface area contributed by atoms with Crippen LogP contribution in [0.4, 0.5) is 0 Å². The molecule has 0 amide bonds. The number of hydrogen-bond donors (Lipinski definition) is 1. The maximum atomic E-state index is 5.72. The molecule has 0 aliphatic rings. The van der Waals surface area contributed by atoms with Gasteiger partial charge in [0.25, 0.3) is 0 Å². The van der Waals surface area contributed by atoms with Gasteiger partial charge < -0.3 is 10.1 Å². The van der Waals surface area contributed by atoms with E-state index in [0.29, 0.717) is 6.61 Å². The van der Waals surface area contributed by atoms with Crippen molar-refractivity contribution >= 4 is 11.3 Å². The summed E-state index contributed by atoms with van der Waals surface area (Å²) in [5.74, 6) is 0.901. The number of nitrogens with zero attached hydrogens (tertiary/aromatic N) is 1. The number of thiazole rings is 1. The van der Waals surface area contributed by atoms with E-state index < -0.39 is 0 Å². The highest BCUT2D eigenvalue weighted by Gasteiger charge is 2.07. The standard InChI is InChI=1S/C16H22N2OS/c1-12-11-20-15(18-12)13-5-7-14(8-6-13)19-10-9-17-16(2,3)4/h5-8,11,17H,9-10H2,1-4H3. The normalized spacial score (nSPS) is 11.6. The summed E-state index contributed by atoms with van der Waals surface area (Å²) in [7, 11) is 0. The van der Waals surface area contributed by atoms with E-state index in [2.05, 4.69) is 48.6 Å². The molecule has 4 heteroatoms. The third kappa shape index (κ3) is 4.62. The molecule has 0 saturated carbocycles. The Hall–Kier alpha value is -1.39. The first kappa shape index (κ1) is 15.0. The van der Waals surface area contributed by atoms with E-state index in [-0.39, 0.29) is 5.54 Å². The van der Waals surface area contributed by atoms with E-state index in [1.165, 1.54) is 0 Å². The van der Waals surface area contributed by atoms with Gasteiger partial charge in [0.1, 0.15) is 17.4 Å². The molecule has 0 fully saturated rings. The topological polar surface area (TPSA) is 34.1 Å². The number of hydrogen-bond acceptors (Lipinski definition) is 4. The minimum Gasteiger partial charge on any atom is -0.492 e. The average Bonchev–Trinajstić information content (AvgIpc) is 2.81. The summed E-state index contributed by atoms with van der Waals surface area (Å²) < 4.78 is 5.72. The van der Waals surface area contributed by atoms with E-state index in [0.717, 1.165) is 28.6 Å². The lowest BCUT2D eigenvalue weighted by molar-refractivity contribution is 0.291. The molecular weight excluding hydrogens is 268 g/mol. The molecule has 3 nitrogen and oxygen atoms in total. The van der Waals surface area contributed by atoms with E-state index in [1.54, 1.807) is 11.3 Å². The Morgan fingerprint density at radius 2 is 1.90 bits per heavy atom. The summed E-state index contributed by atoms with van der Waals surface area (Å²) in [6, 6.07) is 8.13. The Morgan fingerprint density at radius 1 is 1.20 bits per heavy atom. The lowest BCUT2D eigenvalue weighted by Crippen LogP contribution is -2.38. The molecule has 0 aliphatic carbocycles. The first-order chi connectivity index (χ1) is 9.44. The Labute approximate surface area is 125 Å². The quantitative estimate of drug-likeness (QED) is 0.848. The van der Waals surface area contributed by atoms with Crippen LogP contribution in [0.15, 0.2) is 29.6 Å². The molecule has 0 saturated heterocycles. The van der Waals surface area contributed by atoms with Gasteiger partial charge >= 0.3 is 0 Å². The van der Waals surface area contributed by atoms with E-state index in [1.807, 2.05) is 19.1 Å². The number of aromatic nitrogens is 1. The molecule has 1 aromatic heterocycles. The molecule has 2 aromatic rings. The second kappa shape index (κ2) is 6.37. The summed E-state index contributed by atoms with van der Waals surface area (Å²) in [6.45, 7) is 9.98. The zero-order valence-electron chi connectivity index (χ0n) is 12.6. The fourth-order valence-electron chi connectivity index (χ4n) is 1.78. The van der Waals surface area contributed by atoms with Crippen LogP contribution in [0, 0.1) is 6.92 Å². The SMILES string of the molecule is Cc1csc(-c2ccc(OCCNC(C)(C)C)cc2)n1. The largest absolute Gasteiger partial charge is 0.492 e. The number of nitrogens with one attached hydrogen (secondary N) is 1. The van der Waals surface area contributed by atoms with Gasteiger partial charge in [-0.2, -0.15) is 0 Å². The molecule has 1 N–H and O–H groups in total. The Bertz CT molecular complexity index is 540. The van der Waals surface area contributed by atoms with Gasteiger partial charge in [-0.1, -0.05) is 0 Å². The van der Waals surface area contributed by atoms with Crippen molar-refractivity contribution in [2.45, 2.75) is 33.2 Å². The molecule has 1 aromatic carbocycles. The monoisotopic (exact) mass is 290 g/mol. The third-order valence-electron chi connectivity index (χ3n) is 2.75. The van der Waals surface area contributed by atoms with Crippen molar-refractivity contribution in [2.24, 2.45) is 0 Å². The van der Waals surface area contributed by atoms with Gasteiger partial charge in [0.15, 0.2) is 0 Å². The van der Waals surface area contributed by atoms with E-state index in [4.69, 9.17) is 4.74 Å². The van der Waals surface area contributed by atoms with Gasteiger partial charge in [-0.3, -0.25) is 0 Å². The highest BCUT2D eigenvalue weighted by molar-refractivity contribution is 7.13. The van der Waals surface area contributed by atoms with Gasteiger partial charge in [0, 0.05) is 28.7 Å². The van der Waals surface area contributed by atoms with E-state index in [9.17, 15) is 0 Å². The molecule has 1 heterocycles. The maximum Gasteiger partial charge on any atom is 0.123 e. The summed E-state index contributed by atoms with van der Waals surface area (Å²) in [6.07, 6.45) is 0. The lowest BCUT2D eigenvalue weighted by Gasteiger charge is -2.20.